The molecule has 0 unspecified atom stereocenters. The van der Waals surface area contributed by atoms with Crippen molar-refractivity contribution < 1.29 is 28.6 Å². The third-order valence-electron chi connectivity index (χ3n) is 13.3. The van der Waals surface area contributed by atoms with E-state index in [-0.39, 0.29) is 31.1 Å². The van der Waals surface area contributed by atoms with Crippen LogP contribution in [0.15, 0.2) is 48.6 Å². The highest BCUT2D eigenvalue weighted by Crippen LogP contribution is 2.16. The first-order chi connectivity index (χ1) is 34.0. The summed E-state index contributed by atoms with van der Waals surface area (Å²) in [6.45, 7) is 6.63. The van der Waals surface area contributed by atoms with E-state index < -0.39 is 6.10 Å². The van der Waals surface area contributed by atoms with Crippen LogP contribution in [0.1, 0.15) is 316 Å². The quantitative estimate of drug-likeness (QED) is 0.0262. The summed E-state index contributed by atoms with van der Waals surface area (Å²) in [5.74, 6) is -0.873. The number of esters is 3. The molecule has 0 bridgehead atoms. The molecule has 6 heteroatoms. The maximum atomic E-state index is 12.9. The largest absolute Gasteiger partial charge is 0.462 e. The van der Waals surface area contributed by atoms with Crippen LogP contribution >= 0.6 is 0 Å². The summed E-state index contributed by atoms with van der Waals surface area (Å²) >= 11 is 0. The summed E-state index contributed by atoms with van der Waals surface area (Å²) in [6, 6.07) is 0. The minimum atomic E-state index is -0.778. The maximum Gasteiger partial charge on any atom is 0.306 e. The van der Waals surface area contributed by atoms with Gasteiger partial charge in [0.1, 0.15) is 13.2 Å². The molecular weight excluding hydrogens is 853 g/mol. The van der Waals surface area contributed by atoms with Gasteiger partial charge in [0, 0.05) is 19.3 Å². The van der Waals surface area contributed by atoms with Crippen LogP contribution in [-0.4, -0.2) is 37.2 Å². The van der Waals surface area contributed by atoms with E-state index in [1.165, 1.54) is 199 Å². The van der Waals surface area contributed by atoms with Gasteiger partial charge in [-0.25, -0.2) is 0 Å². The SMILES string of the molecule is CCCCC/C=C\C/C=C\C/C=C\CCCCCCCCC(=O)OC[C@@H](COC(=O)CCCCCCCCCCCCCCC)OC(=O)CCCCCCCCCCC/C=C\CCCCCCCC. The average Bonchev–Trinajstić information content (AvgIpc) is 3.35. The first kappa shape index (κ1) is 66.4. The molecule has 0 fully saturated rings. The van der Waals surface area contributed by atoms with E-state index in [4.69, 9.17) is 14.2 Å². The summed E-state index contributed by atoms with van der Waals surface area (Å²) in [7, 11) is 0. The van der Waals surface area contributed by atoms with Crippen LogP contribution in [0.25, 0.3) is 0 Å². The van der Waals surface area contributed by atoms with E-state index in [9.17, 15) is 14.4 Å². The Labute approximate surface area is 428 Å². The third-order valence-corrected chi connectivity index (χ3v) is 13.3. The molecule has 402 valence electrons. The molecular formula is C63H114O6. The number of carbonyl (C=O) groups excluding carboxylic acids is 3. The Morgan fingerprint density at radius 1 is 0.290 bits per heavy atom. The van der Waals surface area contributed by atoms with Crippen molar-refractivity contribution in [3.8, 4) is 0 Å². The lowest BCUT2D eigenvalue weighted by molar-refractivity contribution is -0.167. The van der Waals surface area contributed by atoms with Gasteiger partial charge in [-0.15, -0.1) is 0 Å². The predicted octanol–water partition coefficient (Wildman–Crippen LogP) is 20.2. The maximum absolute atomic E-state index is 12.9. The number of rotatable bonds is 55. The highest BCUT2D eigenvalue weighted by molar-refractivity contribution is 5.71. The molecule has 69 heavy (non-hydrogen) atoms. The molecule has 0 N–H and O–H groups in total. The van der Waals surface area contributed by atoms with Gasteiger partial charge in [-0.05, 0) is 83.5 Å². The average molecular weight is 968 g/mol. The fraction of sp³-hybridized carbons (Fsp3) is 0.825. The van der Waals surface area contributed by atoms with Crippen molar-refractivity contribution in [2.24, 2.45) is 0 Å². The molecule has 0 spiro atoms. The molecule has 0 saturated carbocycles. The Hall–Kier alpha value is -2.63. The van der Waals surface area contributed by atoms with Crippen molar-refractivity contribution in [1.82, 2.24) is 0 Å². The second-order valence-electron chi connectivity index (χ2n) is 20.3. The minimum absolute atomic E-state index is 0.0749. The van der Waals surface area contributed by atoms with Gasteiger partial charge in [-0.2, -0.15) is 0 Å². The van der Waals surface area contributed by atoms with Gasteiger partial charge in [-0.3, -0.25) is 14.4 Å². The molecule has 0 amide bonds. The van der Waals surface area contributed by atoms with E-state index in [0.29, 0.717) is 19.3 Å². The normalized spacial score (nSPS) is 12.3. The van der Waals surface area contributed by atoms with Crippen molar-refractivity contribution in [1.29, 1.82) is 0 Å². The number of allylic oxidation sites excluding steroid dienone is 8. The highest BCUT2D eigenvalue weighted by Gasteiger charge is 2.19. The number of ether oxygens (including phenoxy) is 3. The lowest BCUT2D eigenvalue weighted by Gasteiger charge is -2.18. The van der Waals surface area contributed by atoms with Gasteiger partial charge < -0.3 is 14.2 Å². The molecule has 1 atom stereocenters. The lowest BCUT2D eigenvalue weighted by atomic mass is 10.0. The zero-order valence-electron chi connectivity index (χ0n) is 46.1. The standard InChI is InChI=1S/C63H114O6/c1-4-7-10-13-16-19-22-25-27-29-31-33-35-38-41-44-47-50-53-56-62(65)68-59-60(58-67-61(64)55-52-49-46-43-40-37-24-21-18-15-12-9-6-3)69-63(66)57-54-51-48-45-42-39-36-34-32-30-28-26-23-20-17-14-11-8-5-2/h16,19,25-28,31,33,60H,4-15,17-18,20-24,29-30,32,34-59H2,1-3H3/b19-16-,27-25-,28-26-,33-31-/t60-/m1/s1. The summed E-state index contributed by atoms with van der Waals surface area (Å²) in [5.41, 5.74) is 0. The summed E-state index contributed by atoms with van der Waals surface area (Å²) in [5, 5.41) is 0. The summed E-state index contributed by atoms with van der Waals surface area (Å²) < 4.78 is 16.9. The predicted molar refractivity (Wildman–Crippen MR) is 298 cm³/mol. The number of hydrogen-bond donors (Lipinski definition) is 0. The summed E-state index contributed by atoms with van der Waals surface area (Å²) in [6.07, 6.45) is 71.0. The van der Waals surface area contributed by atoms with Gasteiger partial charge in [0.05, 0.1) is 0 Å². The molecule has 0 aliphatic rings. The third kappa shape index (κ3) is 56.2. The van der Waals surface area contributed by atoms with Crippen LogP contribution in [0.5, 0.6) is 0 Å². The van der Waals surface area contributed by atoms with Crippen molar-refractivity contribution in [2.45, 2.75) is 322 Å². The fourth-order valence-electron chi connectivity index (χ4n) is 8.74. The molecule has 0 rings (SSSR count). The molecule has 0 aromatic carbocycles. The Morgan fingerprint density at radius 2 is 0.522 bits per heavy atom. The number of unbranched alkanes of at least 4 members (excludes halogenated alkanes) is 36. The first-order valence-corrected chi connectivity index (χ1v) is 30.1. The van der Waals surface area contributed by atoms with Crippen LogP contribution in [0.3, 0.4) is 0 Å². The fourth-order valence-corrected chi connectivity index (χ4v) is 8.74. The Bertz CT molecular complexity index is 1200. The second kappa shape index (κ2) is 57.9. The Morgan fingerprint density at radius 3 is 0.855 bits per heavy atom. The van der Waals surface area contributed by atoms with Crippen LogP contribution in [0, 0.1) is 0 Å². The van der Waals surface area contributed by atoms with E-state index in [2.05, 4.69) is 69.4 Å². The van der Waals surface area contributed by atoms with Crippen LogP contribution < -0.4 is 0 Å². The minimum Gasteiger partial charge on any atom is -0.462 e. The van der Waals surface area contributed by atoms with E-state index >= 15 is 0 Å². The van der Waals surface area contributed by atoms with Crippen LogP contribution in [-0.2, 0) is 28.6 Å². The highest BCUT2D eigenvalue weighted by atomic mass is 16.6. The Balaban J connectivity index is 4.36. The lowest BCUT2D eigenvalue weighted by Crippen LogP contribution is -2.30. The molecule has 0 saturated heterocycles. The first-order valence-electron chi connectivity index (χ1n) is 30.1. The second-order valence-corrected chi connectivity index (χ2v) is 20.3. The van der Waals surface area contributed by atoms with E-state index in [0.717, 1.165) is 77.0 Å². The van der Waals surface area contributed by atoms with E-state index in [1.807, 2.05) is 0 Å². The zero-order chi connectivity index (χ0) is 50.0. The monoisotopic (exact) mass is 967 g/mol. The van der Waals surface area contributed by atoms with Crippen molar-refractivity contribution in [2.75, 3.05) is 13.2 Å². The Kier molecular flexibility index (Phi) is 55.7. The topological polar surface area (TPSA) is 78.9 Å². The molecule has 6 nitrogen and oxygen atoms in total. The molecule has 0 aliphatic carbocycles. The van der Waals surface area contributed by atoms with Gasteiger partial charge in [0.25, 0.3) is 0 Å². The van der Waals surface area contributed by atoms with Crippen molar-refractivity contribution in [3.05, 3.63) is 48.6 Å². The van der Waals surface area contributed by atoms with Gasteiger partial charge in [0.2, 0.25) is 0 Å². The molecule has 0 heterocycles. The molecule has 0 aliphatic heterocycles. The van der Waals surface area contributed by atoms with Gasteiger partial charge in [-0.1, -0.05) is 262 Å². The van der Waals surface area contributed by atoms with Crippen LogP contribution in [0.4, 0.5) is 0 Å². The van der Waals surface area contributed by atoms with Gasteiger partial charge >= 0.3 is 17.9 Å². The van der Waals surface area contributed by atoms with Crippen LogP contribution in [0.2, 0.25) is 0 Å². The molecule has 0 aromatic heterocycles. The number of carbonyl (C=O) groups is 3. The smallest absolute Gasteiger partial charge is 0.306 e. The van der Waals surface area contributed by atoms with Gasteiger partial charge in [0.15, 0.2) is 6.10 Å². The summed E-state index contributed by atoms with van der Waals surface area (Å²) in [4.78, 5) is 38.2. The molecule has 0 radical (unpaired) electrons. The number of hydrogen-bond acceptors (Lipinski definition) is 6. The van der Waals surface area contributed by atoms with Crippen molar-refractivity contribution >= 4 is 17.9 Å². The van der Waals surface area contributed by atoms with E-state index in [1.54, 1.807) is 0 Å². The van der Waals surface area contributed by atoms with Crippen molar-refractivity contribution in [3.63, 3.8) is 0 Å². The zero-order valence-corrected chi connectivity index (χ0v) is 46.1. The molecule has 0 aromatic rings.